The van der Waals surface area contributed by atoms with Crippen molar-refractivity contribution in [2.24, 2.45) is 0 Å². The first-order valence-corrected chi connectivity index (χ1v) is 7.01. The zero-order chi connectivity index (χ0) is 15.4. The van der Waals surface area contributed by atoms with Gasteiger partial charge in [0.05, 0.1) is 32.5 Å². The lowest BCUT2D eigenvalue weighted by atomic mass is 10.0. The van der Waals surface area contributed by atoms with E-state index in [0.717, 1.165) is 0 Å². The Morgan fingerprint density at radius 3 is 2.14 bits per heavy atom. The minimum Gasteiger partial charge on any atom is -0.496 e. The van der Waals surface area contributed by atoms with Crippen molar-refractivity contribution in [1.29, 1.82) is 0 Å². The lowest BCUT2D eigenvalue weighted by Crippen LogP contribution is -2.07. The molecule has 0 spiro atoms. The summed E-state index contributed by atoms with van der Waals surface area (Å²) < 4.78 is 16.4. The van der Waals surface area contributed by atoms with Gasteiger partial charge in [0.1, 0.15) is 21.7 Å². The average Bonchev–Trinajstić information content (AvgIpc) is 2.53. The van der Waals surface area contributed by atoms with E-state index in [2.05, 4.69) is 15.9 Å². The minimum atomic E-state index is -0.173. The van der Waals surface area contributed by atoms with Gasteiger partial charge in [0.25, 0.3) is 0 Å². The second kappa shape index (κ2) is 6.63. The summed E-state index contributed by atoms with van der Waals surface area (Å²) in [5, 5.41) is 0. The van der Waals surface area contributed by atoms with Gasteiger partial charge >= 0.3 is 0 Å². The Morgan fingerprint density at radius 2 is 1.52 bits per heavy atom. The van der Waals surface area contributed by atoms with Crippen LogP contribution in [-0.4, -0.2) is 27.1 Å². The molecular formula is C16H15BrO4. The third kappa shape index (κ3) is 2.88. The third-order valence-electron chi connectivity index (χ3n) is 3.08. The van der Waals surface area contributed by atoms with Gasteiger partial charge in [-0.25, -0.2) is 0 Å². The Hall–Kier alpha value is -2.01. The van der Waals surface area contributed by atoms with E-state index in [1.807, 2.05) is 6.07 Å². The summed E-state index contributed by atoms with van der Waals surface area (Å²) in [6.45, 7) is 0. The van der Waals surface area contributed by atoms with Gasteiger partial charge in [-0.05, 0) is 40.2 Å². The number of ketones is 1. The van der Waals surface area contributed by atoms with Gasteiger partial charge in [-0.1, -0.05) is 12.1 Å². The summed E-state index contributed by atoms with van der Waals surface area (Å²) in [7, 11) is 4.60. The second-order valence-corrected chi connectivity index (χ2v) is 4.99. The molecule has 0 bridgehead atoms. The number of carbonyl (C=O) groups excluding carboxylic acids is 1. The minimum absolute atomic E-state index is 0.173. The highest BCUT2D eigenvalue weighted by Crippen LogP contribution is 2.38. The lowest BCUT2D eigenvalue weighted by molar-refractivity contribution is 0.103. The van der Waals surface area contributed by atoms with Crippen molar-refractivity contribution in [3.8, 4) is 17.2 Å². The Bertz CT molecular complexity index is 667. The summed E-state index contributed by atoms with van der Waals surface area (Å²) in [6, 6.07) is 10.5. The second-order valence-electron chi connectivity index (χ2n) is 4.19. The zero-order valence-corrected chi connectivity index (χ0v) is 13.6. The van der Waals surface area contributed by atoms with E-state index in [0.29, 0.717) is 32.8 Å². The fourth-order valence-electron chi connectivity index (χ4n) is 2.05. The summed E-state index contributed by atoms with van der Waals surface area (Å²) in [5.74, 6) is 1.39. The van der Waals surface area contributed by atoms with Crippen LogP contribution in [0.15, 0.2) is 40.9 Å². The topological polar surface area (TPSA) is 44.8 Å². The maximum absolute atomic E-state index is 12.7. The number of hydrogen-bond donors (Lipinski definition) is 0. The van der Waals surface area contributed by atoms with Gasteiger partial charge in [0, 0.05) is 0 Å². The molecule has 0 aliphatic carbocycles. The van der Waals surface area contributed by atoms with Crippen molar-refractivity contribution in [3.05, 3.63) is 52.0 Å². The molecule has 0 radical (unpaired) electrons. The molecule has 0 fully saturated rings. The van der Waals surface area contributed by atoms with Crippen molar-refractivity contribution in [3.63, 3.8) is 0 Å². The van der Waals surface area contributed by atoms with Crippen LogP contribution in [0.5, 0.6) is 17.2 Å². The number of halogens is 1. The van der Waals surface area contributed by atoms with E-state index in [4.69, 9.17) is 14.2 Å². The standard InChI is InChI=1S/C16H15BrO4/c1-19-12-7-5-4-6-10(12)15(18)11-8-9-13(20-2)14(17)16(11)21-3/h4-9H,1-3H3. The summed E-state index contributed by atoms with van der Waals surface area (Å²) in [5.41, 5.74) is 0.921. The fourth-order valence-corrected chi connectivity index (χ4v) is 2.72. The molecule has 4 nitrogen and oxygen atoms in total. The molecule has 2 rings (SSSR count). The molecule has 2 aromatic carbocycles. The monoisotopic (exact) mass is 350 g/mol. The highest BCUT2D eigenvalue weighted by Gasteiger charge is 2.21. The van der Waals surface area contributed by atoms with Gasteiger partial charge in [-0.3, -0.25) is 4.79 Å². The Labute approximate surface area is 131 Å². The quantitative estimate of drug-likeness (QED) is 0.771. The maximum Gasteiger partial charge on any atom is 0.200 e. The molecule has 21 heavy (non-hydrogen) atoms. The Balaban J connectivity index is 2.56. The predicted octanol–water partition coefficient (Wildman–Crippen LogP) is 3.71. The van der Waals surface area contributed by atoms with Crippen LogP contribution in [0.4, 0.5) is 0 Å². The zero-order valence-electron chi connectivity index (χ0n) is 12.0. The first-order valence-electron chi connectivity index (χ1n) is 6.22. The van der Waals surface area contributed by atoms with E-state index >= 15 is 0 Å². The van der Waals surface area contributed by atoms with Crippen LogP contribution < -0.4 is 14.2 Å². The smallest absolute Gasteiger partial charge is 0.200 e. The number of carbonyl (C=O) groups is 1. The highest BCUT2D eigenvalue weighted by molar-refractivity contribution is 9.10. The van der Waals surface area contributed by atoms with Crippen molar-refractivity contribution in [1.82, 2.24) is 0 Å². The van der Waals surface area contributed by atoms with Crippen LogP contribution in [-0.2, 0) is 0 Å². The molecular weight excluding hydrogens is 336 g/mol. The average molecular weight is 351 g/mol. The van der Waals surface area contributed by atoms with Crippen LogP contribution in [0.2, 0.25) is 0 Å². The summed E-state index contributed by atoms with van der Waals surface area (Å²) in [6.07, 6.45) is 0. The van der Waals surface area contributed by atoms with E-state index in [9.17, 15) is 4.79 Å². The fraction of sp³-hybridized carbons (Fsp3) is 0.188. The van der Waals surface area contributed by atoms with Gasteiger partial charge in [0.2, 0.25) is 5.78 Å². The molecule has 0 unspecified atom stereocenters. The normalized spacial score (nSPS) is 10.1. The molecule has 0 atom stereocenters. The van der Waals surface area contributed by atoms with Crippen molar-refractivity contribution in [2.45, 2.75) is 0 Å². The molecule has 0 aliphatic rings. The Morgan fingerprint density at radius 1 is 0.857 bits per heavy atom. The number of methoxy groups -OCH3 is 3. The molecule has 0 heterocycles. The number of ether oxygens (including phenoxy) is 3. The molecule has 0 amide bonds. The van der Waals surface area contributed by atoms with Crippen molar-refractivity contribution in [2.75, 3.05) is 21.3 Å². The first kappa shape index (κ1) is 15.4. The van der Waals surface area contributed by atoms with Crippen molar-refractivity contribution < 1.29 is 19.0 Å². The number of hydrogen-bond acceptors (Lipinski definition) is 4. The van der Waals surface area contributed by atoms with Gasteiger partial charge in [-0.2, -0.15) is 0 Å². The molecule has 0 aromatic heterocycles. The van der Waals surface area contributed by atoms with E-state index in [1.165, 1.54) is 14.2 Å². The largest absolute Gasteiger partial charge is 0.496 e. The molecule has 0 saturated heterocycles. The molecule has 0 N–H and O–H groups in total. The van der Waals surface area contributed by atoms with E-state index in [-0.39, 0.29) is 5.78 Å². The van der Waals surface area contributed by atoms with E-state index < -0.39 is 0 Å². The maximum atomic E-state index is 12.7. The SMILES string of the molecule is COc1ccccc1C(=O)c1ccc(OC)c(Br)c1OC. The van der Waals surface area contributed by atoms with Crippen LogP contribution in [0.1, 0.15) is 15.9 Å². The van der Waals surface area contributed by atoms with Crippen LogP contribution in [0.3, 0.4) is 0 Å². The van der Waals surface area contributed by atoms with Gasteiger partial charge in [-0.15, -0.1) is 0 Å². The first-order chi connectivity index (χ1) is 10.1. The van der Waals surface area contributed by atoms with Crippen LogP contribution in [0.25, 0.3) is 0 Å². The van der Waals surface area contributed by atoms with E-state index in [1.54, 1.807) is 37.4 Å². The molecule has 110 valence electrons. The molecule has 2 aromatic rings. The number of rotatable bonds is 5. The van der Waals surface area contributed by atoms with Gasteiger partial charge in [0.15, 0.2) is 0 Å². The van der Waals surface area contributed by atoms with Crippen LogP contribution in [0, 0.1) is 0 Å². The van der Waals surface area contributed by atoms with Gasteiger partial charge < -0.3 is 14.2 Å². The van der Waals surface area contributed by atoms with Crippen LogP contribution >= 0.6 is 15.9 Å². The molecule has 5 heteroatoms. The third-order valence-corrected chi connectivity index (χ3v) is 3.83. The lowest BCUT2D eigenvalue weighted by Gasteiger charge is -2.14. The number of para-hydroxylation sites is 1. The Kier molecular flexibility index (Phi) is 4.85. The molecule has 0 saturated carbocycles. The predicted molar refractivity (Wildman–Crippen MR) is 83.7 cm³/mol. The summed E-state index contributed by atoms with van der Waals surface area (Å²) in [4.78, 5) is 12.7. The molecule has 0 aliphatic heterocycles. The number of benzene rings is 2. The highest BCUT2D eigenvalue weighted by atomic mass is 79.9. The van der Waals surface area contributed by atoms with Crippen molar-refractivity contribution >= 4 is 21.7 Å². The summed E-state index contributed by atoms with van der Waals surface area (Å²) >= 11 is 3.40.